The van der Waals surface area contributed by atoms with Gasteiger partial charge in [-0.3, -0.25) is 0 Å². The molecule has 0 saturated heterocycles. The molecule has 0 spiro atoms. The van der Waals surface area contributed by atoms with E-state index in [0.717, 1.165) is 0 Å². The molecule has 50 valence electrons. The van der Waals surface area contributed by atoms with Crippen LogP contribution in [0.15, 0.2) is 0 Å². The van der Waals surface area contributed by atoms with Gasteiger partial charge >= 0.3 is 0 Å². The van der Waals surface area contributed by atoms with Crippen LogP contribution in [-0.4, -0.2) is 31.1 Å². The van der Waals surface area contributed by atoms with Gasteiger partial charge in [-0.2, -0.15) is 0 Å². The molecule has 0 saturated carbocycles. The van der Waals surface area contributed by atoms with Crippen LogP contribution in [0.25, 0.3) is 0 Å². The third-order valence-corrected chi connectivity index (χ3v) is 0.630. The van der Waals surface area contributed by atoms with E-state index in [-0.39, 0.29) is 6.61 Å². The number of aliphatic hydroxyl groups excluding tert-OH is 1. The van der Waals surface area contributed by atoms with E-state index in [4.69, 9.17) is 21.3 Å². The van der Waals surface area contributed by atoms with E-state index < -0.39 is 6.23 Å². The van der Waals surface area contributed by atoms with Gasteiger partial charge in [-0.1, -0.05) is 0 Å². The van der Waals surface area contributed by atoms with E-state index in [1.54, 1.807) is 0 Å². The normalized spacial score (nSPS) is 13.9. The maximum atomic E-state index is 8.27. The molecule has 0 aromatic carbocycles. The Balaban J connectivity index is 2.86. The van der Waals surface area contributed by atoms with Gasteiger partial charge in [0.2, 0.25) is 0 Å². The van der Waals surface area contributed by atoms with Crippen LogP contribution < -0.4 is 11.5 Å². The Morgan fingerprint density at radius 3 is 2.62 bits per heavy atom. The van der Waals surface area contributed by atoms with Crippen LogP contribution in [-0.2, 0) is 4.74 Å². The standard InChI is InChI=1S/C4H12N2O2/c5-1-2-8-4(6)3-7/h4,7H,1-3,5-6H2. The summed E-state index contributed by atoms with van der Waals surface area (Å²) in [5.41, 5.74) is 10.2. The second-order valence-corrected chi connectivity index (χ2v) is 1.38. The van der Waals surface area contributed by atoms with Crippen LogP contribution in [0.1, 0.15) is 0 Å². The highest BCUT2D eigenvalue weighted by molar-refractivity contribution is 4.41. The van der Waals surface area contributed by atoms with Crippen LogP contribution in [0.3, 0.4) is 0 Å². The highest BCUT2D eigenvalue weighted by Crippen LogP contribution is 1.76. The number of nitrogens with two attached hydrogens (primary N) is 2. The molecule has 0 aromatic rings. The van der Waals surface area contributed by atoms with Crippen molar-refractivity contribution in [2.45, 2.75) is 6.23 Å². The summed E-state index contributed by atoms with van der Waals surface area (Å²) >= 11 is 0. The van der Waals surface area contributed by atoms with Crippen molar-refractivity contribution in [1.82, 2.24) is 0 Å². The molecule has 4 heteroatoms. The number of rotatable bonds is 4. The predicted octanol–water partition coefficient (Wildman–Crippen LogP) is -1.76. The van der Waals surface area contributed by atoms with Crippen LogP contribution in [0.4, 0.5) is 0 Å². The number of hydrogen-bond acceptors (Lipinski definition) is 4. The zero-order chi connectivity index (χ0) is 6.41. The second-order valence-electron chi connectivity index (χ2n) is 1.38. The summed E-state index contributed by atoms with van der Waals surface area (Å²) in [6, 6.07) is 0. The highest BCUT2D eigenvalue weighted by Gasteiger charge is 1.95. The summed E-state index contributed by atoms with van der Waals surface area (Å²) in [6.45, 7) is 0.690. The van der Waals surface area contributed by atoms with Crippen LogP contribution in [0.5, 0.6) is 0 Å². The molecule has 4 nitrogen and oxygen atoms in total. The fraction of sp³-hybridized carbons (Fsp3) is 1.00. The van der Waals surface area contributed by atoms with Crippen LogP contribution in [0, 0.1) is 0 Å². The van der Waals surface area contributed by atoms with Gasteiger partial charge in [-0.25, -0.2) is 0 Å². The first-order chi connectivity index (χ1) is 3.81. The summed E-state index contributed by atoms with van der Waals surface area (Å²) < 4.78 is 4.74. The van der Waals surface area contributed by atoms with Crippen molar-refractivity contribution >= 4 is 0 Å². The lowest BCUT2D eigenvalue weighted by Crippen LogP contribution is -2.29. The van der Waals surface area contributed by atoms with Gasteiger partial charge in [0.15, 0.2) is 0 Å². The maximum Gasteiger partial charge on any atom is 0.129 e. The molecule has 0 aliphatic heterocycles. The van der Waals surface area contributed by atoms with Crippen molar-refractivity contribution in [1.29, 1.82) is 0 Å². The summed E-state index contributed by atoms with van der Waals surface area (Å²) in [7, 11) is 0. The summed E-state index contributed by atoms with van der Waals surface area (Å²) in [5, 5.41) is 8.27. The zero-order valence-corrected chi connectivity index (χ0v) is 4.71. The summed E-state index contributed by atoms with van der Waals surface area (Å²) in [6.07, 6.45) is -0.571. The average Bonchev–Trinajstić information content (AvgIpc) is 1.83. The van der Waals surface area contributed by atoms with E-state index in [1.165, 1.54) is 0 Å². The van der Waals surface area contributed by atoms with E-state index in [2.05, 4.69) is 0 Å². The predicted molar refractivity (Wildman–Crippen MR) is 30.1 cm³/mol. The molecular formula is C4H12N2O2. The molecule has 0 aliphatic rings. The van der Waals surface area contributed by atoms with Crippen molar-refractivity contribution in [2.24, 2.45) is 11.5 Å². The summed E-state index contributed by atoms with van der Waals surface area (Å²) in [4.78, 5) is 0. The lowest BCUT2D eigenvalue weighted by Gasteiger charge is -2.06. The Morgan fingerprint density at radius 1 is 1.62 bits per heavy atom. The van der Waals surface area contributed by atoms with Crippen LogP contribution >= 0.6 is 0 Å². The first kappa shape index (κ1) is 7.84. The minimum absolute atomic E-state index is 0.153. The molecule has 0 fully saturated rings. The first-order valence-corrected chi connectivity index (χ1v) is 2.49. The highest BCUT2D eigenvalue weighted by atomic mass is 16.5. The van der Waals surface area contributed by atoms with Crippen molar-refractivity contribution in [3.8, 4) is 0 Å². The van der Waals surface area contributed by atoms with E-state index >= 15 is 0 Å². The van der Waals surface area contributed by atoms with Crippen molar-refractivity contribution < 1.29 is 9.84 Å². The van der Waals surface area contributed by atoms with Crippen molar-refractivity contribution in [2.75, 3.05) is 19.8 Å². The maximum absolute atomic E-state index is 8.27. The Labute approximate surface area is 48.4 Å². The fourth-order valence-corrected chi connectivity index (χ4v) is 0.272. The molecule has 1 unspecified atom stereocenters. The molecule has 5 N–H and O–H groups in total. The first-order valence-electron chi connectivity index (χ1n) is 2.49. The van der Waals surface area contributed by atoms with Gasteiger partial charge in [0.05, 0.1) is 13.2 Å². The molecule has 0 rings (SSSR count). The van der Waals surface area contributed by atoms with E-state index in [9.17, 15) is 0 Å². The average molecular weight is 120 g/mol. The molecule has 0 radical (unpaired) electrons. The Kier molecular flexibility index (Phi) is 4.89. The van der Waals surface area contributed by atoms with Gasteiger partial charge in [-0.05, 0) is 0 Å². The Hall–Kier alpha value is -0.160. The third-order valence-electron chi connectivity index (χ3n) is 0.630. The van der Waals surface area contributed by atoms with Gasteiger partial charge in [-0.15, -0.1) is 0 Å². The van der Waals surface area contributed by atoms with Gasteiger partial charge in [0.25, 0.3) is 0 Å². The van der Waals surface area contributed by atoms with E-state index in [1.807, 2.05) is 0 Å². The molecule has 0 aliphatic carbocycles. The topological polar surface area (TPSA) is 81.5 Å². The lowest BCUT2D eigenvalue weighted by molar-refractivity contribution is 0.0215. The van der Waals surface area contributed by atoms with Crippen molar-refractivity contribution in [3.05, 3.63) is 0 Å². The van der Waals surface area contributed by atoms with E-state index in [0.29, 0.717) is 13.2 Å². The largest absolute Gasteiger partial charge is 0.392 e. The molecule has 0 amide bonds. The monoisotopic (exact) mass is 120 g/mol. The molecule has 0 aromatic heterocycles. The fourth-order valence-electron chi connectivity index (χ4n) is 0.272. The lowest BCUT2D eigenvalue weighted by atomic mass is 10.6. The number of ether oxygens (including phenoxy) is 1. The minimum atomic E-state index is -0.571. The van der Waals surface area contributed by atoms with Crippen molar-refractivity contribution in [3.63, 3.8) is 0 Å². The Morgan fingerprint density at radius 2 is 2.25 bits per heavy atom. The minimum Gasteiger partial charge on any atom is -0.392 e. The quantitative estimate of drug-likeness (QED) is 0.384. The molecular weight excluding hydrogens is 108 g/mol. The zero-order valence-electron chi connectivity index (χ0n) is 4.71. The molecule has 0 heterocycles. The van der Waals surface area contributed by atoms with Gasteiger partial charge < -0.3 is 21.3 Å². The SMILES string of the molecule is NCCOC(N)CO. The third kappa shape index (κ3) is 4.01. The summed E-state index contributed by atoms with van der Waals surface area (Å²) in [5.74, 6) is 0. The van der Waals surface area contributed by atoms with Gasteiger partial charge in [0, 0.05) is 6.54 Å². The molecule has 1 atom stereocenters. The second kappa shape index (κ2) is 4.99. The van der Waals surface area contributed by atoms with Gasteiger partial charge in [0.1, 0.15) is 6.23 Å². The number of aliphatic hydroxyl groups is 1. The molecule has 0 bridgehead atoms. The number of hydrogen-bond donors (Lipinski definition) is 3. The van der Waals surface area contributed by atoms with Crippen LogP contribution in [0.2, 0.25) is 0 Å². The smallest absolute Gasteiger partial charge is 0.129 e. The molecule has 8 heavy (non-hydrogen) atoms. The Bertz CT molecular complexity index is 51.3.